The highest BCUT2D eigenvalue weighted by molar-refractivity contribution is 7.25. The van der Waals surface area contributed by atoms with Gasteiger partial charge in [-0.05, 0) is 114 Å². The van der Waals surface area contributed by atoms with Crippen LogP contribution in [0.4, 0.5) is 0 Å². The number of fused-ring (bicyclic) bond motifs is 8. The van der Waals surface area contributed by atoms with Crippen LogP contribution >= 0.6 is 11.3 Å². The number of thiophene rings is 1. The second-order valence-corrected chi connectivity index (χ2v) is 19.2. The van der Waals surface area contributed by atoms with E-state index in [9.17, 15) is 0 Å². The van der Waals surface area contributed by atoms with E-state index in [0.717, 1.165) is 50.2 Å². The molecule has 0 amide bonds. The molecule has 2 nitrogen and oxygen atoms in total. The van der Waals surface area contributed by atoms with E-state index in [1.165, 1.54) is 75.3 Å². The van der Waals surface area contributed by atoms with Gasteiger partial charge in [0.15, 0.2) is 5.82 Å². The summed E-state index contributed by atoms with van der Waals surface area (Å²) in [6.07, 6.45) is 0. The average molecular weight is 859 g/mol. The molecule has 1 aliphatic rings. The van der Waals surface area contributed by atoms with Crippen LogP contribution in [0, 0.1) is 0 Å². The van der Waals surface area contributed by atoms with Gasteiger partial charge >= 0.3 is 0 Å². The van der Waals surface area contributed by atoms with Crippen molar-refractivity contribution in [2.75, 3.05) is 0 Å². The Morgan fingerprint density at radius 3 is 1.79 bits per heavy atom. The van der Waals surface area contributed by atoms with Crippen LogP contribution in [0.5, 0.6) is 0 Å². The summed E-state index contributed by atoms with van der Waals surface area (Å²) in [7, 11) is 0. The minimum absolute atomic E-state index is 0.168. The molecule has 2 heterocycles. The summed E-state index contributed by atoms with van der Waals surface area (Å²) in [5, 5.41) is 7.48. The van der Waals surface area contributed by atoms with Crippen molar-refractivity contribution in [3.8, 4) is 78.4 Å². The normalized spacial score (nSPS) is 12.8. The molecule has 0 saturated carbocycles. The fourth-order valence-corrected chi connectivity index (χ4v) is 11.7. The van der Waals surface area contributed by atoms with E-state index >= 15 is 0 Å². The Hall–Kier alpha value is -7.98. The third kappa shape index (κ3) is 6.15. The molecule has 0 spiro atoms. The van der Waals surface area contributed by atoms with Crippen LogP contribution in [-0.2, 0) is 5.41 Å². The molecule has 0 radical (unpaired) electrons. The Labute approximate surface area is 388 Å². The summed E-state index contributed by atoms with van der Waals surface area (Å²) in [5.41, 5.74) is 17.1. The van der Waals surface area contributed by atoms with E-state index in [1.807, 2.05) is 11.3 Å². The Kier molecular flexibility index (Phi) is 8.78. The number of hydrogen-bond donors (Lipinski definition) is 0. The van der Waals surface area contributed by atoms with Gasteiger partial charge in [-0.25, -0.2) is 9.97 Å². The molecule has 66 heavy (non-hydrogen) atoms. The van der Waals surface area contributed by atoms with Crippen molar-refractivity contribution in [3.05, 3.63) is 230 Å². The maximum absolute atomic E-state index is 5.52. The molecule has 0 N–H and O–H groups in total. The lowest BCUT2D eigenvalue weighted by molar-refractivity contribution is 0.661. The number of nitrogens with zero attached hydrogens (tertiary/aromatic N) is 2. The van der Waals surface area contributed by atoms with Crippen molar-refractivity contribution in [2.24, 2.45) is 0 Å². The lowest BCUT2D eigenvalue weighted by Crippen LogP contribution is -2.14. The summed E-state index contributed by atoms with van der Waals surface area (Å²) in [6, 6.07) is 79.7. The summed E-state index contributed by atoms with van der Waals surface area (Å²) < 4.78 is 2.64. The van der Waals surface area contributed by atoms with Gasteiger partial charge in [0.2, 0.25) is 0 Å². The number of rotatable bonds is 6. The quantitative estimate of drug-likeness (QED) is 0.166. The van der Waals surface area contributed by atoms with Crippen molar-refractivity contribution in [3.63, 3.8) is 0 Å². The monoisotopic (exact) mass is 858 g/mol. The molecule has 0 fully saturated rings. The molecule has 0 unspecified atom stereocenters. The highest BCUT2D eigenvalue weighted by atomic mass is 32.1. The van der Waals surface area contributed by atoms with Gasteiger partial charge in [0.1, 0.15) is 0 Å². The molecule has 0 bridgehead atoms. The third-order valence-electron chi connectivity index (χ3n) is 13.9. The van der Waals surface area contributed by atoms with Crippen molar-refractivity contribution in [1.82, 2.24) is 9.97 Å². The first-order valence-electron chi connectivity index (χ1n) is 22.7. The highest BCUT2D eigenvalue weighted by Crippen LogP contribution is 2.54. The zero-order valence-electron chi connectivity index (χ0n) is 36.6. The van der Waals surface area contributed by atoms with E-state index in [-0.39, 0.29) is 5.41 Å². The lowest BCUT2D eigenvalue weighted by Gasteiger charge is -2.22. The van der Waals surface area contributed by atoms with Crippen LogP contribution in [0.1, 0.15) is 25.0 Å². The molecule has 10 aromatic carbocycles. The van der Waals surface area contributed by atoms with Crippen LogP contribution in [0.3, 0.4) is 0 Å². The van der Waals surface area contributed by atoms with Gasteiger partial charge in [-0.2, -0.15) is 0 Å². The van der Waals surface area contributed by atoms with Crippen molar-refractivity contribution in [1.29, 1.82) is 0 Å². The highest BCUT2D eigenvalue weighted by Gasteiger charge is 2.37. The molecule has 3 heteroatoms. The maximum Gasteiger partial charge on any atom is 0.160 e. The molecule has 0 atom stereocenters. The molecule has 0 saturated heterocycles. The van der Waals surface area contributed by atoms with Gasteiger partial charge < -0.3 is 0 Å². The summed E-state index contributed by atoms with van der Waals surface area (Å²) in [5.74, 6) is 0.694. The number of benzene rings is 10. The summed E-state index contributed by atoms with van der Waals surface area (Å²) in [4.78, 5) is 10.9. The first-order chi connectivity index (χ1) is 32.5. The molecule has 12 aromatic rings. The Balaban J connectivity index is 0.992. The SMILES string of the molecule is CC1(C)c2cc3ccccc3cc2-c2c(-c3ccc4ccccc4c3-c3cc(-c4ccccc4-c4ccc(-c5ccc6sc7ccccc7c6c5)cc4)nc(-c4ccccc4)n3)cccc21. The summed E-state index contributed by atoms with van der Waals surface area (Å²) >= 11 is 1.86. The molecule has 0 aliphatic heterocycles. The van der Waals surface area contributed by atoms with Gasteiger partial charge in [0.05, 0.1) is 11.4 Å². The average Bonchev–Trinajstić information content (AvgIpc) is 3.86. The van der Waals surface area contributed by atoms with Crippen LogP contribution in [0.2, 0.25) is 0 Å². The van der Waals surface area contributed by atoms with Gasteiger partial charge in [-0.1, -0.05) is 196 Å². The van der Waals surface area contributed by atoms with Gasteiger partial charge in [0.25, 0.3) is 0 Å². The smallest absolute Gasteiger partial charge is 0.160 e. The molecule has 1 aliphatic carbocycles. The third-order valence-corrected chi connectivity index (χ3v) is 15.1. The van der Waals surface area contributed by atoms with E-state index < -0.39 is 0 Å². The molecule has 13 rings (SSSR count). The standard InChI is InChI=1S/C63H42N2S/c1-63(2)54-25-14-24-50(60(54)53-36-43-18-6-7-19-44(43)37-55(53)63)51-33-31-40-15-8-9-21-47(40)61(51)57-38-56(64-62(65-57)42-16-4-3-5-17-42)48-22-11-10-20-46(48)41-29-27-39(28-30-41)45-32-34-59-52(35-45)49-23-12-13-26-58(49)66-59/h3-38H,1-2H3. The molecular weight excluding hydrogens is 817 g/mol. The number of aromatic nitrogens is 2. The Bertz CT molecular complexity index is 3900. The summed E-state index contributed by atoms with van der Waals surface area (Å²) in [6.45, 7) is 4.74. The fraction of sp³-hybridized carbons (Fsp3) is 0.0476. The fourth-order valence-electron chi connectivity index (χ4n) is 10.6. The second-order valence-electron chi connectivity index (χ2n) is 18.1. The zero-order chi connectivity index (χ0) is 43.9. The number of hydrogen-bond acceptors (Lipinski definition) is 3. The molecular formula is C63H42N2S. The van der Waals surface area contributed by atoms with Gasteiger partial charge in [0, 0.05) is 42.3 Å². The van der Waals surface area contributed by atoms with Crippen LogP contribution in [0.15, 0.2) is 218 Å². The minimum atomic E-state index is -0.168. The topological polar surface area (TPSA) is 25.8 Å². The maximum atomic E-state index is 5.52. The van der Waals surface area contributed by atoms with Gasteiger partial charge in [-0.3, -0.25) is 0 Å². The lowest BCUT2D eigenvalue weighted by atomic mass is 9.81. The first kappa shape index (κ1) is 38.5. The van der Waals surface area contributed by atoms with E-state index in [4.69, 9.17) is 9.97 Å². The van der Waals surface area contributed by atoms with Gasteiger partial charge in [-0.15, -0.1) is 11.3 Å². The van der Waals surface area contributed by atoms with Crippen LogP contribution < -0.4 is 0 Å². The Morgan fingerprint density at radius 2 is 0.955 bits per heavy atom. The predicted molar refractivity (Wildman–Crippen MR) is 280 cm³/mol. The first-order valence-corrected chi connectivity index (χ1v) is 23.5. The van der Waals surface area contributed by atoms with Crippen molar-refractivity contribution < 1.29 is 0 Å². The van der Waals surface area contributed by atoms with Crippen LogP contribution in [0.25, 0.3) is 120 Å². The van der Waals surface area contributed by atoms with Crippen molar-refractivity contribution in [2.45, 2.75) is 19.3 Å². The zero-order valence-corrected chi connectivity index (χ0v) is 37.4. The Morgan fingerprint density at radius 1 is 0.333 bits per heavy atom. The minimum Gasteiger partial charge on any atom is -0.228 e. The largest absolute Gasteiger partial charge is 0.228 e. The molecule has 2 aromatic heterocycles. The second kappa shape index (κ2) is 15.1. The molecule has 310 valence electrons. The van der Waals surface area contributed by atoms with E-state index in [1.54, 1.807) is 0 Å². The van der Waals surface area contributed by atoms with Crippen LogP contribution in [-0.4, -0.2) is 9.97 Å². The predicted octanol–water partition coefficient (Wildman–Crippen LogP) is 17.5. The van der Waals surface area contributed by atoms with Crippen molar-refractivity contribution >= 4 is 53.1 Å². The van der Waals surface area contributed by atoms with E-state index in [2.05, 4.69) is 232 Å². The van der Waals surface area contributed by atoms with E-state index in [0.29, 0.717) is 5.82 Å².